The van der Waals surface area contributed by atoms with Gasteiger partial charge in [-0.2, -0.15) is 0 Å². The lowest BCUT2D eigenvalue weighted by Gasteiger charge is -2.28. The van der Waals surface area contributed by atoms with Crippen molar-refractivity contribution in [1.82, 2.24) is 0 Å². The lowest BCUT2D eigenvalue weighted by molar-refractivity contribution is -0.161. The molecule has 0 bridgehead atoms. The molecule has 1 N–H and O–H groups in total. The monoisotopic (exact) mass is 468 g/mol. The summed E-state index contributed by atoms with van der Waals surface area (Å²) in [6, 6.07) is 14.5. The van der Waals surface area contributed by atoms with Crippen LogP contribution < -0.4 is 4.65 Å². The summed E-state index contributed by atoms with van der Waals surface area (Å²) in [6.07, 6.45) is 0.424. The SMILES string of the molecule is CC(C)(C)C(=O)OCOC(=O)c1cccc2c1OB(O)[C@@H](CC(=O)COCc1ccccc1)C2. The Hall–Kier alpha value is -3.17. The van der Waals surface area contributed by atoms with E-state index in [1.165, 1.54) is 6.07 Å². The number of carbonyl (C=O) groups is 3. The van der Waals surface area contributed by atoms with Crippen LogP contribution in [0, 0.1) is 5.41 Å². The second kappa shape index (κ2) is 11.3. The van der Waals surface area contributed by atoms with Crippen LogP contribution in [0.5, 0.6) is 5.75 Å². The summed E-state index contributed by atoms with van der Waals surface area (Å²) < 4.78 is 21.1. The highest BCUT2D eigenvalue weighted by Gasteiger charge is 2.38. The molecule has 0 saturated heterocycles. The molecule has 180 valence electrons. The summed E-state index contributed by atoms with van der Waals surface area (Å²) in [5.41, 5.74) is 1.04. The van der Waals surface area contributed by atoms with Crippen LogP contribution in [0.4, 0.5) is 0 Å². The molecule has 0 amide bonds. The van der Waals surface area contributed by atoms with Crippen molar-refractivity contribution in [3.8, 4) is 5.75 Å². The average Bonchev–Trinajstić information content (AvgIpc) is 2.79. The summed E-state index contributed by atoms with van der Waals surface area (Å²) in [4.78, 5) is 36.7. The van der Waals surface area contributed by atoms with Gasteiger partial charge in [-0.25, -0.2) is 4.79 Å². The highest BCUT2D eigenvalue weighted by molar-refractivity contribution is 6.47. The Balaban J connectivity index is 1.54. The molecule has 0 spiro atoms. The Bertz CT molecular complexity index is 1020. The highest BCUT2D eigenvalue weighted by atomic mass is 16.7. The number of hydrogen-bond acceptors (Lipinski definition) is 8. The van der Waals surface area contributed by atoms with Gasteiger partial charge in [0.05, 0.1) is 12.0 Å². The molecule has 0 saturated carbocycles. The van der Waals surface area contributed by atoms with Crippen LogP contribution >= 0.6 is 0 Å². The third-order valence-electron chi connectivity index (χ3n) is 5.30. The molecule has 0 fully saturated rings. The predicted molar refractivity (Wildman–Crippen MR) is 124 cm³/mol. The Kier molecular flexibility index (Phi) is 8.47. The van der Waals surface area contributed by atoms with Crippen LogP contribution in [0.2, 0.25) is 5.82 Å². The second-order valence-corrected chi connectivity index (χ2v) is 9.22. The number of hydrogen-bond donors (Lipinski definition) is 1. The van der Waals surface area contributed by atoms with Gasteiger partial charge in [0, 0.05) is 12.2 Å². The normalized spacial score (nSPS) is 15.2. The Morgan fingerprint density at radius 2 is 1.79 bits per heavy atom. The zero-order valence-electron chi connectivity index (χ0n) is 19.6. The smallest absolute Gasteiger partial charge is 0.526 e. The van der Waals surface area contributed by atoms with Crippen LogP contribution in [0.3, 0.4) is 0 Å². The third kappa shape index (κ3) is 6.92. The van der Waals surface area contributed by atoms with Gasteiger partial charge < -0.3 is 23.9 Å². The topological polar surface area (TPSA) is 108 Å². The lowest BCUT2D eigenvalue weighted by atomic mass is 9.64. The first-order chi connectivity index (χ1) is 16.1. The largest absolute Gasteiger partial charge is 0.535 e. The molecule has 8 nitrogen and oxygen atoms in total. The molecular formula is C25H29BO8. The Labute approximate surface area is 199 Å². The van der Waals surface area contributed by atoms with Crippen molar-refractivity contribution < 1.29 is 38.3 Å². The van der Waals surface area contributed by atoms with Crippen molar-refractivity contribution in [3.05, 3.63) is 65.2 Å². The molecule has 2 aromatic carbocycles. The van der Waals surface area contributed by atoms with E-state index >= 15 is 0 Å². The number of rotatable bonds is 9. The van der Waals surface area contributed by atoms with Gasteiger partial charge in [-0.15, -0.1) is 0 Å². The lowest BCUT2D eigenvalue weighted by Crippen LogP contribution is -2.36. The maximum atomic E-state index is 12.5. The molecule has 0 radical (unpaired) electrons. The molecule has 2 aromatic rings. The fourth-order valence-electron chi connectivity index (χ4n) is 3.46. The molecular weight excluding hydrogens is 439 g/mol. The second-order valence-electron chi connectivity index (χ2n) is 9.22. The molecule has 1 aliphatic heterocycles. The third-order valence-corrected chi connectivity index (χ3v) is 5.30. The summed E-state index contributed by atoms with van der Waals surface area (Å²) >= 11 is 0. The van der Waals surface area contributed by atoms with Crippen LogP contribution in [0.1, 0.15) is 48.7 Å². The van der Waals surface area contributed by atoms with Crippen molar-refractivity contribution in [1.29, 1.82) is 0 Å². The number of para-hydroxylation sites is 1. The number of Topliss-reactive ketones (excluding diaryl/α,β-unsaturated/α-hetero) is 1. The highest BCUT2D eigenvalue weighted by Crippen LogP contribution is 2.36. The first-order valence-corrected chi connectivity index (χ1v) is 11.1. The number of esters is 2. The molecule has 1 heterocycles. The van der Waals surface area contributed by atoms with Gasteiger partial charge in [0.1, 0.15) is 17.9 Å². The van der Waals surface area contributed by atoms with Gasteiger partial charge in [-0.1, -0.05) is 42.5 Å². The number of benzene rings is 2. The van der Waals surface area contributed by atoms with Crippen molar-refractivity contribution in [2.75, 3.05) is 13.4 Å². The van der Waals surface area contributed by atoms with E-state index in [4.69, 9.17) is 18.9 Å². The molecule has 1 atom stereocenters. The Morgan fingerprint density at radius 1 is 1.06 bits per heavy atom. The number of ketones is 1. The van der Waals surface area contributed by atoms with Crippen molar-refractivity contribution in [2.24, 2.45) is 5.41 Å². The minimum absolute atomic E-state index is 0.0649. The summed E-state index contributed by atoms with van der Waals surface area (Å²) in [5.74, 6) is -1.66. The van der Waals surface area contributed by atoms with Crippen LogP contribution in [0.25, 0.3) is 0 Å². The standard InChI is InChI=1S/C25H29BO8/c1-25(2,3)24(29)33-16-32-23(28)21-11-7-10-18-12-19(26(30)34-22(18)21)13-20(27)15-31-14-17-8-5-4-6-9-17/h4-11,19,30H,12-16H2,1-3H3/t19-/m1/s1. The van der Waals surface area contributed by atoms with E-state index in [2.05, 4.69) is 0 Å². The van der Waals surface area contributed by atoms with E-state index in [1.807, 2.05) is 30.3 Å². The van der Waals surface area contributed by atoms with Crippen molar-refractivity contribution >= 4 is 24.8 Å². The zero-order valence-corrected chi connectivity index (χ0v) is 19.6. The summed E-state index contributed by atoms with van der Waals surface area (Å²) in [5, 5.41) is 10.5. The average molecular weight is 468 g/mol. The van der Waals surface area contributed by atoms with E-state index < -0.39 is 37.1 Å². The van der Waals surface area contributed by atoms with E-state index in [0.717, 1.165) is 5.56 Å². The van der Waals surface area contributed by atoms with Gasteiger partial charge >= 0.3 is 19.1 Å². The summed E-state index contributed by atoms with van der Waals surface area (Å²) in [7, 11) is -1.27. The van der Waals surface area contributed by atoms with E-state index in [9.17, 15) is 19.4 Å². The van der Waals surface area contributed by atoms with Crippen LogP contribution in [-0.2, 0) is 36.8 Å². The van der Waals surface area contributed by atoms with Crippen molar-refractivity contribution in [3.63, 3.8) is 0 Å². The molecule has 0 aliphatic carbocycles. The van der Waals surface area contributed by atoms with E-state index in [-0.39, 0.29) is 30.1 Å². The minimum atomic E-state index is -1.27. The van der Waals surface area contributed by atoms with Crippen molar-refractivity contribution in [2.45, 2.75) is 46.0 Å². The van der Waals surface area contributed by atoms with Crippen LogP contribution in [0.15, 0.2) is 48.5 Å². The zero-order chi connectivity index (χ0) is 24.7. The maximum absolute atomic E-state index is 12.5. The molecule has 0 aromatic heterocycles. The quantitative estimate of drug-likeness (QED) is 0.339. The molecule has 1 aliphatic rings. The molecule has 0 unspecified atom stereocenters. The van der Waals surface area contributed by atoms with E-state index in [1.54, 1.807) is 32.9 Å². The number of fused-ring (bicyclic) bond motifs is 1. The predicted octanol–water partition coefficient (Wildman–Crippen LogP) is 3.35. The first-order valence-electron chi connectivity index (χ1n) is 11.1. The summed E-state index contributed by atoms with van der Waals surface area (Å²) in [6.45, 7) is 4.81. The first kappa shape index (κ1) is 25.5. The van der Waals surface area contributed by atoms with Gasteiger partial charge in [-0.3, -0.25) is 9.59 Å². The fourth-order valence-corrected chi connectivity index (χ4v) is 3.46. The van der Waals surface area contributed by atoms with Gasteiger partial charge in [-0.05, 0) is 44.4 Å². The van der Waals surface area contributed by atoms with Gasteiger partial charge in [0.25, 0.3) is 0 Å². The van der Waals surface area contributed by atoms with E-state index in [0.29, 0.717) is 18.6 Å². The molecule has 34 heavy (non-hydrogen) atoms. The minimum Gasteiger partial charge on any atom is -0.535 e. The number of carbonyl (C=O) groups excluding carboxylic acids is 3. The molecule has 9 heteroatoms. The van der Waals surface area contributed by atoms with Crippen LogP contribution in [-0.4, -0.2) is 43.3 Å². The van der Waals surface area contributed by atoms with Gasteiger partial charge in [0.2, 0.25) is 6.79 Å². The molecule has 3 rings (SSSR count). The number of ether oxygens (including phenoxy) is 3. The Morgan fingerprint density at radius 3 is 2.50 bits per heavy atom. The fraction of sp³-hybridized carbons (Fsp3) is 0.400. The van der Waals surface area contributed by atoms with Gasteiger partial charge in [0.15, 0.2) is 5.78 Å². The maximum Gasteiger partial charge on any atom is 0.526 e.